The van der Waals surface area contributed by atoms with E-state index in [-0.39, 0.29) is 29.0 Å². The number of rotatable bonds is 4. The second kappa shape index (κ2) is 8.24. The Morgan fingerprint density at radius 3 is 2.50 bits per heavy atom. The Morgan fingerprint density at radius 2 is 1.89 bits per heavy atom. The van der Waals surface area contributed by atoms with Crippen molar-refractivity contribution in [3.8, 4) is 17.9 Å². The molecule has 0 atom stereocenters. The highest BCUT2D eigenvalue weighted by molar-refractivity contribution is 6.03. The molecular formula is C21H18FN3O3. The van der Waals surface area contributed by atoms with E-state index in [4.69, 9.17) is 5.26 Å². The molecule has 28 heavy (non-hydrogen) atoms. The summed E-state index contributed by atoms with van der Waals surface area (Å²) in [6.45, 7) is 3.22. The molecule has 0 radical (unpaired) electrons. The smallest absolute Gasteiger partial charge is 0.268 e. The summed E-state index contributed by atoms with van der Waals surface area (Å²) < 4.78 is 13.9. The van der Waals surface area contributed by atoms with Crippen molar-refractivity contribution >= 4 is 11.7 Å². The summed E-state index contributed by atoms with van der Waals surface area (Å²) in [7, 11) is 1.39. The molecule has 0 aromatic heterocycles. The number of phenolic OH excluding ortho intramolecular Hbond substituents is 1. The first kappa shape index (κ1) is 20.5. The van der Waals surface area contributed by atoms with Crippen LogP contribution in [0.5, 0.6) is 5.75 Å². The molecule has 0 aliphatic heterocycles. The van der Waals surface area contributed by atoms with Crippen LogP contribution in [0.2, 0.25) is 0 Å². The zero-order valence-corrected chi connectivity index (χ0v) is 15.6. The summed E-state index contributed by atoms with van der Waals surface area (Å²) in [5, 5.41) is 38.7. The number of carbonyl (C=O) groups is 1. The molecule has 0 bridgehead atoms. The molecule has 2 rings (SSSR count). The summed E-state index contributed by atoms with van der Waals surface area (Å²) in [6, 6.07) is 10.5. The summed E-state index contributed by atoms with van der Waals surface area (Å²) in [4.78, 5) is 13.8. The topological polar surface area (TPSA) is 108 Å². The quantitative estimate of drug-likeness (QED) is 0.480. The SMILES string of the molecule is Cc1ccc(F)c(CN(C)C(=O)/C(C#N)=C(\O)c2cc(C)c(O)c(C#N)c2)c1. The number of nitrogens with zero attached hydrogens (tertiary/aromatic N) is 3. The molecule has 7 heteroatoms. The number of benzene rings is 2. The van der Waals surface area contributed by atoms with Gasteiger partial charge in [-0.1, -0.05) is 17.7 Å². The molecule has 6 nitrogen and oxygen atoms in total. The molecule has 0 aliphatic rings. The Balaban J connectivity index is 2.41. The summed E-state index contributed by atoms with van der Waals surface area (Å²) in [5.41, 5.74) is 0.804. The van der Waals surface area contributed by atoms with Crippen molar-refractivity contribution in [2.24, 2.45) is 0 Å². The molecule has 0 saturated carbocycles. The van der Waals surface area contributed by atoms with Crippen molar-refractivity contribution in [1.82, 2.24) is 4.90 Å². The van der Waals surface area contributed by atoms with Crippen molar-refractivity contribution in [1.29, 1.82) is 10.5 Å². The molecular weight excluding hydrogens is 361 g/mol. The minimum Gasteiger partial charge on any atom is -0.506 e. The first-order valence-corrected chi connectivity index (χ1v) is 8.27. The third-order valence-corrected chi connectivity index (χ3v) is 4.21. The average molecular weight is 379 g/mol. The lowest BCUT2D eigenvalue weighted by molar-refractivity contribution is -0.126. The van der Waals surface area contributed by atoms with Crippen LogP contribution in [0.25, 0.3) is 5.76 Å². The Kier molecular flexibility index (Phi) is 6.02. The van der Waals surface area contributed by atoms with Gasteiger partial charge in [0.1, 0.15) is 29.5 Å². The third kappa shape index (κ3) is 4.11. The first-order chi connectivity index (χ1) is 13.2. The number of hydrogen-bond acceptors (Lipinski definition) is 5. The van der Waals surface area contributed by atoms with Gasteiger partial charge in [-0.2, -0.15) is 10.5 Å². The first-order valence-electron chi connectivity index (χ1n) is 8.27. The van der Waals surface area contributed by atoms with Gasteiger partial charge in [-0.05, 0) is 37.6 Å². The predicted molar refractivity (Wildman–Crippen MR) is 100 cm³/mol. The standard InChI is InChI=1S/C21H18FN3O3/c1-12-4-5-18(22)16(6-12)11-25(3)21(28)17(10-24)20(27)14-7-13(2)19(26)15(8-14)9-23/h4-8,26-27H,11H2,1-3H3/b20-17-. The van der Waals surface area contributed by atoms with Crippen molar-refractivity contribution in [2.45, 2.75) is 20.4 Å². The van der Waals surface area contributed by atoms with Gasteiger partial charge in [0, 0.05) is 24.7 Å². The van der Waals surface area contributed by atoms with Crippen molar-refractivity contribution in [2.75, 3.05) is 7.05 Å². The largest absolute Gasteiger partial charge is 0.506 e. The molecule has 1 amide bonds. The van der Waals surface area contributed by atoms with Crippen LogP contribution in [0.3, 0.4) is 0 Å². The normalized spacial score (nSPS) is 11.2. The van der Waals surface area contributed by atoms with E-state index in [1.807, 2.05) is 0 Å². The van der Waals surface area contributed by atoms with E-state index in [9.17, 15) is 24.7 Å². The predicted octanol–water partition coefficient (Wildman–Crippen LogP) is 3.47. The fourth-order valence-electron chi connectivity index (χ4n) is 2.69. The molecule has 0 saturated heterocycles. The van der Waals surface area contributed by atoms with E-state index >= 15 is 0 Å². The Bertz CT molecular complexity index is 1060. The van der Waals surface area contributed by atoms with Gasteiger partial charge in [-0.25, -0.2) is 4.39 Å². The Labute approximate surface area is 162 Å². The van der Waals surface area contributed by atoms with Crippen molar-refractivity contribution < 1.29 is 19.4 Å². The van der Waals surface area contributed by atoms with Crippen LogP contribution in [0.4, 0.5) is 4.39 Å². The van der Waals surface area contributed by atoms with E-state index in [2.05, 4.69) is 0 Å². The second-order valence-corrected chi connectivity index (χ2v) is 6.39. The van der Waals surface area contributed by atoms with E-state index in [0.29, 0.717) is 5.56 Å². The maximum Gasteiger partial charge on any atom is 0.268 e. The van der Waals surface area contributed by atoms with Gasteiger partial charge >= 0.3 is 0 Å². The van der Waals surface area contributed by atoms with Crippen molar-refractivity contribution in [3.63, 3.8) is 0 Å². The van der Waals surface area contributed by atoms with Gasteiger partial charge in [0.2, 0.25) is 0 Å². The molecule has 2 N–H and O–H groups in total. The number of aryl methyl sites for hydroxylation is 2. The number of aliphatic hydroxyl groups is 1. The average Bonchev–Trinajstić information content (AvgIpc) is 2.66. The fraction of sp³-hybridized carbons (Fsp3) is 0.190. The van der Waals surface area contributed by atoms with Gasteiger partial charge < -0.3 is 15.1 Å². The number of halogens is 1. The molecule has 2 aromatic carbocycles. The van der Waals surface area contributed by atoms with Crippen LogP contribution < -0.4 is 0 Å². The van der Waals surface area contributed by atoms with Crippen LogP contribution in [0.1, 0.15) is 27.8 Å². The number of nitriles is 2. The molecule has 0 fully saturated rings. The van der Waals surface area contributed by atoms with Gasteiger partial charge in [0.25, 0.3) is 5.91 Å². The number of likely N-dealkylation sites (N-methyl/N-ethyl adjacent to an activating group) is 1. The van der Waals surface area contributed by atoms with E-state index in [0.717, 1.165) is 10.5 Å². The second-order valence-electron chi connectivity index (χ2n) is 6.39. The van der Waals surface area contributed by atoms with Gasteiger partial charge in [0.15, 0.2) is 5.57 Å². The highest BCUT2D eigenvalue weighted by Gasteiger charge is 2.22. The van der Waals surface area contributed by atoms with Gasteiger partial charge in [-0.3, -0.25) is 4.79 Å². The summed E-state index contributed by atoms with van der Waals surface area (Å²) in [6.07, 6.45) is 0. The minimum atomic E-state index is -0.801. The van der Waals surface area contributed by atoms with E-state index in [1.54, 1.807) is 31.2 Å². The monoisotopic (exact) mass is 379 g/mol. The minimum absolute atomic E-state index is 0.0480. The van der Waals surface area contributed by atoms with Gasteiger partial charge in [0.05, 0.1) is 5.56 Å². The molecule has 2 aromatic rings. The van der Waals surface area contributed by atoms with Crippen LogP contribution in [-0.2, 0) is 11.3 Å². The number of carbonyl (C=O) groups excluding carboxylic acids is 1. The number of aliphatic hydroxyl groups excluding tert-OH is 1. The number of amides is 1. The lowest BCUT2D eigenvalue weighted by Gasteiger charge is -2.18. The maximum atomic E-state index is 13.9. The Morgan fingerprint density at radius 1 is 1.21 bits per heavy atom. The fourth-order valence-corrected chi connectivity index (χ4v) is 2.69. The third-order valence-electron chi connectivity index (χ3n) is 4.21. The number of aromatic hydroxyl groups is 1. The van der Waals surface area contributed by atoms with Crippen molar-refractivity contribution in [3.05, 3.63) is 69.5 Å². The molecule has 0 heterocycles. The summed E-state index contributed by atoms with van der Waals surface area (Å²) in [5.74, 6) is -2.14. The molecule has 0 aliphatic carbocycles. The van der Waals surface area contributed by atoms with Crippen LogP contribution in [0.15, 0.2) is 35.9 Å². The van der Waals surface area contributed by atoms with Gasteiger partial charge in [-0.15, -0.1) is 0 Å². The molecule has 142 valence electrons. The number of hydrogen-bond donors (Lipinski definition) is 2. The highest BCUT2D eigenvalue weighted by Crippen LogP contribution is 2.27. The Hall–Kier alpha value is -3.84. The number of phenols is 1. The highest BCUT2D eigenvalue weighted by atomic mass is 19.1. The van der Waals surface area contributed by atoms with Crippen LogP contribution in [0, 0.1) is 42.3 Å². The maximum absolute atomic E-state index is 13.9. The van der Waals surface area contributed by atoms with Crippen LogP contribution in [-0.4, -0.2) is 28.1 Å². The van der Waals surface area contributed by atoms with E-state index < -0.39 is 23.1 Å². The lowest BCUT2D eigenvalue weighted by Crippen LogP contribution is -2.28. The molecule has 0 spiro atoms. The van der Waals surface area contributed by atoms with Crippen LogP contribution >= 0.6 is 0 Å². The van der Waals surface area contributed by atoms with E-state index in [1.165, 1.54) is 32.2 Å². The molecule has 0 unspecified atom stereocenters. The zero-order valence-electron chi connectivity index (χ0n) is 15.6. The zero-order chi connectivity index (χ0) is 21.0. The lowest BCUT2D eigenvalue weighted by atomic mass is 10.0. The summed E-state index contributed by atoms with van der Waals surface area (Å²) >= 11 is 0.